The highest BCUT2D eigenvalue weighted by molar-refractivity contribution is 7.18. The molecule has 0 saturated carbocycles. The summed E-state index contributed by atoms with van der Waals surface area (Å²) in [6.45, 7) is 0.237. The van der Waals surface area contributed by atoms with Crippen LogP contribution in [-0.4, -0.2) is 25.9 Å². The molecule has 4 aromatic rings. The van der Waals surface area contributed by atoms with Crippen LogP contribution in [0.3, 0.4) is 0 Å². The Bertz CT molecular complexity index is 1280. The van der Waals surface area contributed by atoms with E-state index < -0.39 is 15.8 Å². The van der Waals surface area contributed by atoms with Gasteiger partial charge in [-0.2, -0.15) is 4.98 Å². The van der Waals surface area contributed by atoms with Crippen molar-refractivity contribution in [1.82, 2.24) is 15.5 Å². The molecule has 0 aliphatic carbocycles. The molecule has 3 aromatic heterocycles. The highest BCUT2D eigenvalue weighted by Crippen LogP contribution is 2.32. The summed E-state index contributed by atoms with van der Waals surface area (Å²) in [6.07, 6.45) is 0. The molecule has 13 heteroatoms. The SMILES string of the molecule is O=C(NCc1ccc(-c2noc(-c3ccc([N+](=O)[O-])s3)n2)cc1)c1ccc([N+](=O)[O-])s1. The molecule has 0 atom stereocenters. The maximum atomic E-state index is 12.1. The fourth-order valence-corrected chi connectivity index (χ4v) is 4.05. The third-order valence-corrected chi connectivity index (χ3v) is 6.13. The van der Waals surface area contributed by atoms with E-state index in [2.05, 4.69) is 15.5 Å². The van der Waals surface area contributed by atoms with Gasteiger partial charge in [0, 0.05) is 24.2 Å². The molecule has 4 rings (SSSR count). The van der Waals surface area contributed by atoms with E-state index in [1.54, 1.807) is 30.3 Å². The second-order valence-electron chi connectivity index (χ2n) is 6.09. The average Bonchev–Trinajstić information content (AvgIpc) is 3.52. The van der Waals surface area contributed by atoms with Crippen LogP contribution in [0.25, 0.3) is 22.2 Å². The van der Waals surface area contributed by atoms with Crippen LogP contribution in [0.1, 0.15) is 15.2 Å². The molecule has 0 bridgehead atoms. The van der Waals surface area contributed by atoms with Crippen molar-refractivity contribution in [1.29, 1.82) is 0 Å². The minimum absolute atomic E-state index is 0.0155. The van der Waals surface area contributed by atoms with Crippen molar-refractivity contribution < 1.29 is 19.2 Å². The molecule has 1 aromatic carbocycles. The molecular formula is C18H11N5O6S2. The normalized spacial score (nSPS) is 10.7. The summed E-state index contributed by atoms with van der Waals surface area (Å²) in [5.41, 5.74) is 1.48. The molecule has 0 saturated heterocycles. The van der Waals surface area contributed by atoms with Gasteiger partial charge in [0.1, 0.15) is 0 Å². The van der Waals surface area contributed by atoms with Crippen LogP contribution in [0.15, 0.2) is 53.1 Å². The largest absolute Gasteiger partial charge is 0.347 e. The van der Waals surface area contributed by atoms with Crippen molar-refractivity contribution in [3.63, 3.8) is 0 Å². The van der Waals surface area contributed by atoms with Crippen LogP contribution in [-0.2, 0) is 6.54 Å². The number of rotatable bonds is 7. The van der Waals surface area contributed by atoms with Crippen molar-refractivity contribution in [2.24, 2.45) is 0 Å². The van der Waals surface area contributed by atoms with E-state index in [-0.39, 0.29) is 27.3 Å². The maximum absolute atomic E-state index is 12.1. The van der Waals surface area contributed by atoms with E-state index in [0.29, 0.717) is 16.3 Å². The molecule has 156 valence electrons. The molecule has 0 aliphatic rings. The van der Waals surface area contributed by atoms with Crippen molar-refractivity contribution in [2.75, 3.05) is 0 Å². The standard InChI is InChI=1S/C18H11N5O6S2/c24-17(12-5-7-14(30-12)22(25)26)19-9-10-1-3-11(4-2-10)16-20-18(29-21-16)13-6-8-15(31-13)23(27)28/h1-8H,9H2,(H,19,24). The van der Waals surface area contributed by atoms with E-state index in [9.17, 15) is 25.0 Å². The third kappa shape index (κ3) is 4.46. The molecule has 0 fully saturated rings. The van der Waals surface area contributed by atoms with Gasteiger partial charge in [-0.15, -0.1) is 0 Å². The summed E-state index contributed by atoms with van der Waals surface area (Å²) in [5, 5.41) is 28.0. The number of thiophene rings is 2. The first-order valence-corrected chi connectivity index (χ1v) is 10.2. The quantitative estimate of drug-likeness (QED) is 0.319. The lowest BCUT2D eigenvalue weighted by molar-refractivity contribution is -0.380. The van der Waals surface area contributed by atoms with Gasteiger partial charge in [0.2, 0.25) is 5.82 Å². The molecule has 0 spiro atoms. The number of hydrogen-bond acceptors (Lipinski definition) is 10. The second-order valence-corrected chi connectivity index (χ2v) is 8.22. The van der Waals surface area contributed by atoms with Crippen LogP contribution in [0.5, 0.6) is 0 Å². The Labute approximate surface area is 181 Å². The molecule has 1 amide bonds. The Kier molecular flexibility index (Phi) is 5.51. The van der Waals surface area contributed by atoms with E-state index in [1.807, 2.05) is 0 Å². The first-order valence-electron chi connectivity index (χ1n) is 8.61. The van der Waals surface area contributed by atoms with Gasteiger partial charge in [-0.3, -0.25) is 25.0 Å². The maximum Gasteiger partial charge on any atom is 0.324 e. The lowest BCUT2D eigenvalue weighted by Gasteiger charge is -2.04. The zero-order valence-corrected chi connectivity index (χ0v) is 17.0. The predicted molar refractivity (Wildman–Crippen MR) is 112 cm³/mol. The van der Waals surface area contributed by atoms with Crippen LogP contribution >= 0.6 is 22.7 Å². The van der Waals surface area contributed by atoms with Crippen LogP contribution in [0.2, 0.25) is 0 Å². The number of nitrogens with zero attached hydrogens (tertiary/aromatic N) is 4. The first-order chi connectivity index (χ1) is 14.9. The lowest BCUT2D eigenvalue weighted by atomic mass is 10.1. The van der Waals surface area contributed by atoms with Gasteiger partial charge in [0.05, 0.1) is 19.6 Å². The lowest BCUT2D eigenvalue weighted by Crippen LogP contribution is -2.21. The number of aromatic nitrogens is 2. The summed E-state index contributed by atoms with van der Waals surface area (Å²) in [6, 6.07) is 12.7. The van der Waals surface area contributed by atoms with Gasteiger partial charge in [0.25, 0.3) is 11.8 Å². The highest BCUT2D eigenvalue weighted by Gasteiger charge is 2.17. The highest BCUT2D eigenvalue weighted by atomic mass is 32.1. The molecule has 0 radical (unpaired) electrons. The van der Waals surface area contributed by atoms with Gasteiger partial charge in [0.15, 0.2) is 0 Å². The van der Waals surface area contributed by atoms with Gasteiger partial charge < -0.3 is 9.84 Å². The Morgan fingerprint density at radius 1 is 0.968 bits per heavy atom. The fraction of sp³-hybridized carbons (Fsp3) is 0.0556. The van der Waals surface area contributed by atoms with Gasteiger partial charge in [-0.05, 0) is 17.7 Å². The van der Waals surface area contributed by atoms with Crippen molar-refractivity contribution in [3.05, 3.63) is 79.2 Å². The predicted octanol–water partition coefficient (Wildman–Crippen LogP) is 4.27. The van der Waals surface area contributed by atoms with Gasteiger partial charge in [-0.1, -0.05) is 52.1 Å². The van der Waals surface area contributed by atoms with E-state index in [1.165, 1.54) is 18.2 Å². The summed E-state index contributed by atoms with van der Waals surface area (Å²) in [7, 11) is 0. The summed E-state index contributed by atoms with van der Waals surface area (Å²) in [5.74, 6) is 0.122. The van der Waals surface area contributed by atoms with E-state index in [4.69, 9.17) is 4.52 Å². The number of hydrogen-bond donors (Lipinski definition) is 1. The summed E-state index contributed by atoms with van der Waals surface area (Å²) >= 11 is 1.76. The van der Waals surface area contributed by atoms with Crippen LogP contribution < -0.4 is 5.32 Å². The van der Waals surface area contributed by atoms with Crippen molar-refractivity contribution in [3.8, 4) is 22.2 Å². The minimum Gasteiger partial charge on any atom is -0.347 e. The monoisotopic (exact) mass is 457 g/mol. The topological polar surface area (TPSA) is 154 Å². The number of nitro groups is 2. The third-order valence-electron chi connectivity index (χ3n) is 4.07. The van der Waals surface area contributed by atoms with Gasteiger partial charge in [-0.25, -0.2) is 0 Å². The van der Waals surface area contributed by atoms with Crippen molar-refractivity contribution >= 4 is 38.6 Å². The summed E-state index contributed by atoms with van der Waals surface area (Å²) < 4.78 is 5.20. The molecule has 1 N–H and O–H groups in total. The number of benzene rings is 1. The Hall–Kier alpha value is -3.97. The van der Waals surface area contributed by atoms with Crippen molar-refractivity contribution in [2.45, 2.75) is 6.54 Å². The Morgan fingerprint density at radius 3 is 2.29 bits per heavy atom. The zero-order valence-electron chi connectivity index (χ0n) is 15.4. The number of carbonyl (C=O) groups excluding carboxylic acids is 1. The molecule has 0 unspecified atom stereocenters. The zero-order chi connectivity index (χ0) is 22.0. The van der Waals surface area contributed by atoms with E-state index in [0.717, 1.165) is 28.2 Å². The Balaban J connectivity index is 1.40. The minimum atomic E-state index is -0.538. The molecule has 11 nitrogen and oxygen atoms in total. The second kappa shape index (κ2) is 8.41. The number of carbonyl (C=O) groups is 1. The van der Waals surface area contributed by atoms with Crippen LogP contribution in [0.4, 0.5) is 10.0 Å². The Morgan fingerprint density at radius 2 is 1.65 bits per heavy atom. The number of nitrogens with one attached hydrogen (secondary N) is 1. The van der Waals surface area contributed by atoms with Crippen LogP contribution in [0, 0.1) is 20.2 Å². The van der Waals surface area contributed by atoms with Gasteiger partial charge >= 0.3 is 10.0 Å². The number of amides is 1. The molecule has 0 aliphatic heterocycles. The summed E-state index contributed by atoms with van der Waals surface area (Å²) in [4.78, 5) is 37.7. The molecule has 3 heterocycles. The van der Waals surface area contributed by atoms with E-state index >= 15 is 0 Å². The average molecular weight is 457 g/mol. The molecular weight excluding hydrogens is 446 g/mol. The smallest absolute Gasteiger partial charge is 0.324 e. The first kappa shape index (κ1) is 20.3. The molecule has 31 heavy (non-hydrogen) atoms. The fourth-order valence-electron chi connectivity index (χ4n) is 2.57.